The van der Waals surface area contributed by atoms with Gasteiger partial charge in [0.15, 0.2) is 0 Å². The highest BCUT2D eigenvalue weighted by Crippen LogP contribution is 2.25. The maximum atomic E-state index is 3.50. The Kier molecular flexibility index (Phi) is 3.93. The Bertz CT molecular complexity index is 300. The van der Waals surface area contributed by atoms with Crippen LogP contribution in [-0.4, -0.2) is 29.0 Å². The van der Waals surface area contributed by atoms with Crippen LogP contribution in [0.2, 0.25) is 0 Å². The standard InChI is InChI=1S/C10H14BrNS2/c1-8-6-12(4-5-13-8)7-9-2-3-10(11)14-9/h2-3,8H,4-7H2,1H3. The molecule has 2 rings (SSSR count). The van der Waals surface area contributed by atoms with Crippen LogP contribution in [0.15, 0.2) is 15.9 Å². The summed E-state index contributed by atoms with van der Waals surface area (Å²) in [5.74, 6) is 1.29. The molecule has 1 atom stereocenters. The zero-order valence-electron chi connectivity index (χ0n) is 8.20. The summed E-state index contributed by atoms with van der Waals surface area (Å²) in [6.07, 6.45) is 0. The molecule has 78 valence electrons. The minimum atomic E-state index is 0.798. The van der Waals surface area contributed by atoms with Crippen LogP contribution in [0, 0.1) is 0 Å². The van der Waals surface area contributed by atoms with Gasteiger partial charge in [-0.1, -0.05) is 6.92 Å². The number of halogens is 1. The molecule has 0 radical (unpaired) electrons. The summed E-state index contributed by atoms with van der Waals surface area (Å²) in [5, 5.41) is 0.798. The molecule has 1 aromatic rings. The van der Waals surface area contributed by atoms with Crippen molar-refractivity contribution in [1.82, 2.24) is 4.90 Å². The molecule has 0 aliphatic carbocycles. The smallest absolute Gasteiger partial charge is 0.0701 e. The number of hydrogen-bond donors (Lipinski definition) is 0. The van der Waals surface area contributed by atoms with E-state index in [9.17, 15) is 0 Å². The normalized spacial score (nSPS) is 24.0. The number of hydrogen-bond acceptors (Lipinski definition) is 3. The molecule has 0 bridgehead atoms. The highest BCUT2D eigenvalue weighted by molar-refractivity contribution is 9.11. The Hall–Kier alpha value is 0.490. The molecule has 0 spiro atoms. The molecule has 14 heavy (non-hydrogen) atoms. The van der Waals surface area contributed by atoms with Gasteiger partial charge >= 0.3 is 0 Å². The van der Waals surface area contributed by atoms with Crippen molar-refractivity contribution in [3.8, 4) is 0 Å². The van der Waals surface area contributed by atoms with E-state index < -0.39 is 0 Å². The lowest BCUT2D eigenvalue weighted by atomic mass is 10.3. The molecule has 0 aromatic carbocycles. The van der Waals surface area contributed by atoms with Gasteiger partial charge in [-0.15, -0.1) is 11.3 Å². The molecule has 4 heteroatoms. The molecule has 2 heterocycles. The highest BCUT2D eigenvalue weighted by atomic mass is 79.9. The Labute approximate surface area is 102 Å². The molecular formula is C10H14BrNS2. The fraction of sp³-hybridized carbons (Fsp3) is 0.600. The van der Waals surface area contributed by atoms with Crippen molar-refractivity contribution in [1.29, 1.82) is 0 Å². The van der Waals surface area contributed by atoms with E-state index in [1.54, 1.807) is 0 Å². The van der Waals surface area contributed by atoms with E-state index in [0.29, 0.717) is 0 Å². The second-order valence-electron chi connectivity index (χ2n) is 3.62. The molecule has 0 N–H and O–H groups in total. The van der Waals surface area contributed by atoms with Gasteiger partial charge in [0.2, 0.25) is 0 Å². The van der Waals surface area contributed by atoms with Gasteiger partial charge in [0.25, 0.3) is 0 Å². The lowest BCUT2D eigenvalue weighted by Gasteiger charge is -2.29. The molecule has 1 saturated heterocycles. The van der Waals surface area contributed by atoms with Crippen molar-refractivity contribution in [3.05, 3.63) is 20.8 Å². The average Bonchev–Trinajstić information content (AvgIpc) is 2.51. The van der Waals surface area contributed by atoms with Gasteiger partial charge in [0.05, 0.1) is 3.79 Å². The van der Waals surface area contributed by atoms with Gasteiger partial charge in [-0.05, 0) is 28.1 Å². The Morgan fingerprint density at radius 2 is 2.43 bits per heavy atom. The molecule has 1 aromatic heterocycles. The maximum absolute atomic E-state index is 3.50. The van der Waals surface area contributed by atoms with Gasteiger partial charge in [-0.2, -0.15) is 11.8 Å². The first-order valence-corrected chi connectivity index (χ1v) is 7.48. The fourth-order valence-corrected chi connectivity index (χ4v) is 4.30. The second kappa shape index (κ2) is 5.01. The molecule has 1 unspecified atom stereocenters. The van der Waals surface area contributed by atoms with Gasteiger partial charge in [-0.3, -0.25) is 4.90 Å². The van der Waals surface area contributed by atoms with Gasteiger partial charge in [-0.25, -0.2) is 0 Å². The summed E-state index contributed by atoms with van der Waals surface area (Å²) in [5.41, 5.74) is 0. The summed E-state index contributed by atoms with van der Waals surface area (Å²) in [6, 6.07) is 4.36. The summed E-state index contributed by atoms with van der Waals surface area (Å²) in [4.78, 5) is 4.02. The summed E-state index contributed by atoms with van der Waals surface area (Å²) in [7, 11) is 0. The SMILES string of the molecule is CC1CN(Cc2ccc(Br)s2)CCS1. The van der Waals surface area contributed by atoms with E-state index in [4.69, 9.17) is 0 Å². The van der Waals surface area contributed by atoms with Crippen LogP contribution in [0.5, 0.6) is 0 Å². The van der Waals surface area contributed by atoms with Crippen molar-refractivity contribution in [2.45, 2.75) is 18.7 Å². The van der Waals surface area contributed by atoms with Crippen molar-refractivity contribution in [2.24, 2.45) is 0 Å². The van der Waals surface area contributed by atoms with E-state index in [1.165, 1.54) is 27.5 Å². The number of rotatable bonds is 2. The topological polar surface area (TPSA) is 3.24 Å². The average molecular weight is 292 g/mol. The fourth-order valence-electron chi connectivity index (χ4n) is 1.69. The molecular weight excluding hydrogens is 278 g/mol. The minimum Gasteiger partial charge on any atom is -0.296 e. The molecule has 0 amide bonds. The van der Waals surface area contributed by atoms with Gasteiger partial charge in [0, 0.05) is 35.5 Å². The third-order valence-corrected chi connectivity index (χ3v) is 5.08. The van der Waals surface area contributed by atoms with Crippen LogP contribution >= 0.6 is 39.0 Å². The van der Waals surface area contributed by atoms with Crippen LogP contribution in [-0.2, 0) is 6.54 Å². The van der Waals surface area contributed by atoms with Crippen molar-refractivity contribution < 1.29 is 0 Å². The van der Waals surface area contributed by atoms with E-state index >= 15 is 0 Å². The van der Waals surface area contributed by atoms with Crippen LogP contribution < -0.4 is 0 Å². The second-order valence-corrected chi connectivity index (χ2v) is 7.72. The Balaban J connectivity index is 1.90. The molecule has 1 aliphatic rings. The van der Waals surface area contributed by atoms with Crippen LogP contribution in [0.3, 0.4) is 0 Å². The highest BCUT2D eigenvalue weighted by Gasteiger charge is 2.16. The lowest BCUT2D eigenvalue weighted by molar-refractivity contribution is 0.281. The first-order valence-electron chi connectivity index (χ1n) is 4.82. The van der Waals surface area contributed by atoms with Crippen LogP contribution in [0.4, 0.5) is 0 Å². The Morgan fingerprint density at radius 3 is 3.07 bits per heavy atom. The molecule has 1 fully saturated rings. The third-order valence-electron chi connectivity index (χ3n) is 2.33. The number of thiophene rings is 1. The molecule has 0 saturated carbocycles. The first-order chi connectivity index (χ1) is 6.74. The van der Waals surface area contributed by atoms with E-state index in [-0.39, 0.29) is 0 Å². The summed E-state index contributed by atoms with van der Waals surface area (Å²) in [6.45, 7) is 5.92. The zero-order valence-corrected chi connectivity index (χ0v) is 11.4. The van der Waals surface area contributed by atoms with Crippen molar-refractivity contribution in [3.63, 3.8) is 0 Å². The quantitative estimate of drug-likeness (QED) is 0.821. The lowest BCUT2D eigenvalue weighted by Crippen LogP contribution is -2.35. The Morgan fingerprint density at radius 1 is 1.57 bits per heavy atom. The number of nitrogens with zero attached hydrogens (tertiary/aromatic N) is 1. The van der Waals surface area contributed by atoms with Crippen LogP contribution in [0.1, 0.15) is 11.8 Å². The zero-order chi connectivity index (χ0) is 9.97. The summed E-state index contributed by atoms with van der Waals surface area (Å²) < 4.78 is 1.24. The van der Waals surface area contributed by atoms with Crippen molar-refractivity contribution >= 4 is 39.0 Å². The largest absolute Gasteiger partial charge is 0.296 e. The van der Waals surface area contributed by atoms with Crippen molar-refractivity contribution in [2.75, 3.05) is 18.8 Å². The van der Waals surface area contributed by atoms with Gasteiger partial charge in [0.1, 0.15) is 0 Å². The first kappa shape index (κ1) is 11.0. The molecule has 1 aliphatic heterocycles. The predicted molar refractivity (Wildman–Crippen MR) is 69.2 cm³/mol. The summed E-state index contributed by atoms with van der Waals surface area (Å²) >= 11 is 7.45. The maximum Gasteiger partial charge on any atom is 0.0701 e. The number of thioether (sulfide) groups is 1. The van der Waals surface area contributed by atoms with Crippen LogP contribution in [0.25, 0.3) is 0 Å². The van der Waals surface area contributed by atoms with Gasteiger partial charge < -0.3 is 0 Å². The minimum absolute atomic E-state index is 0.798. The predicted octanol–water partition coefficient (Wildman–Crippen LogP) is 3.45. The monoisotopic (exact) mass is 291 g/mol. The van der Waals surface area contributed by atoms with E-state index in [2.05, 4.69) is 51.6 Å². The molecule has 1 nitrogen and oxygen atoms in total. The van der Waals surface area contributed by atoms with E-state index in [0.717, 1.165) is 11.8 Å². The van der Waals surface area contributed by atoms with E-state index in [1.807, 2.05) is 11.3 Å². The third kappa shape index (κ3) is 2.99.